The minimum atomic E-state index is -0.818. The summed E-state index contributed by atoms with van der Waals surface area (Å²) in [5.74, 6) is -1.46. The minimum absolute atomic E-state index is 0.202. The fraction of sp³-hybridized carbons (Fsp3) is 0.462. The van der Waals surface area contributed by atoms with Crippen LogP contribution in [0.1, 0.15) is 30.5 Å². The Balaban J connectivity index is 3.00. The van der Waals surface area contributed by atoms with Crippen molar-refractivity contribution in [2.24, 2.45) is 5.92 Å². The molecule has 0 aliphatic heterocycles. The topological polar surface area (TPSA) is 37.3 Å². The van der Waals surface area contributed by atoms with Crippen LogP contribution < -0.4 is 0 Å². The number of rotatable bonds is 4. The SMILES string of the molecule is CCc1cc(CC(C)C(=O)O)c(C)cc1F. The van der Waals surface area contributed by atoms with Crippen molar-refractivity contribution in [3.63, 3.8) is 0 Å². The lowest BCUT2D eigenvalue weighted by Gasteiger charge is -2.11. The summed E-state index contributed by atoms with van der Waals surface area (Å²) in [6.07, 6.45) is 1.08. The van der Waals surface area contributed by atoms with Crippen LogP contribution in [-0.2, 0) is 17.6 Å². The zero-order valence-corrected chi connectivity index (χ0v) is 9.88. The van der Waals surface area contributed by atoms with Gasteiger partial charge in [0.15, 0.2) is 0 Å². The summed E-state index contributed by atoms with van der Waals surface area (Å²) in [7, 11) is 0. The van der Waals surface area contributed by atoms with Gasteiger partial charge in [0.25, 0.3) is 0 Å². The molecule has 16 heavy (non-hydrogen) atoms. The van der Waals surface area contributed by atoms with Crippen LogP contribution in [0.4, 0.5) is 4.39 Å². The van der Waals surface area contributed by atoms with Crippen molar-refractivity contribution in [2.75, 3.05) is 0 Å². The summed E-state index contributed by atoms with van der Waals surface area (Å²) < 4.78 is 13.4. The molecule has 1 aromatic rings. The Morgan fingerprint density at radius 1 is 1.44 bits per heavy atom. The molecule has 0 aliphatic rings. The maximum atomic E-state index is 13.4. The molecular formula is C13H17FO2. The quantitative estimate of drug-likeness (QED) is 0.853. The molecule has 1 atom stereocenters. The average molecular weight is 224 g/mol. The van der Waals surface area contributed by atoms with E-state index in [1.165, 1.54) is 6.07 Å². The van der Waals surface area contributed by atoms with Gasteiger partial charge in [0.1, 0.15) is 5.82 Å². The Labute approximate surface area is 95.1 Å². The summed E-state index contributed by atoms with van der Waals surface area (Å²) in [4.78, 5) is 10.8. The first-order valence-corrected chi connectivity index (χ1v) is 5.46. The third-order valence-corrected chi connectivity index (χ3v) is 2.83. The van der Waals surface area contributed by atoms with Gasteiger partial charge >= 0.3 is 5.97 Å². The van der Waals surface area contributed by atoms with E-state index in [4.69, 9.17) is 5.11 Å². The third-order valence-electron chi connectivity index (χ3n) is 2.83. The fourth-order valence-corrected chi connectivity index (χ4v) is 1.68. The first kappa shape index (κ1) is 12.7. The van der Waals surface area contributed by atoms with Crippen molar-refractivity contribution in [3.8, 4) is 0 Å². The van der Waals surface area contributed by atoms with Crippen LogP contribution in [0, 0.1) is 18.7 Å². The van der Waals surface area contributed by atoms with Crippen molar-refractivity contribution in [1.29, 1.82) is 0 Å². The van der Waals surface area contributed by atoms with E-state index < -0.39 is 11.9 Å². The zero-order valence-electron chi connectivity index (χ0n) is 9.88. The lowest BCUT2D eigenvalue weighted by Crippen LogP contribution is -2.13. The highest BCUT2D eigenvalue weighted by atomic mass is 19.1. The largest absolute Gasteiger partial charge is 0.481 e. The van der Waals surface area contributed by atoms with Crippen molar-refractivity contribution in [2.45, 2.75) is 33.6 Å². The number of hydrogen-bond acceptors (Lipinski definition) is 1. The van der Waals surface area contributed by atoms with Gasteiger partial charge in [-0.25, -0.2) is 4.39 Å². The molecule has 0 fully saturated rings. The first-order chi connectivity index (χ1) is 7.45. The van der Waals surface area contributed by atoms with Gasteiger partial charge in [0.2, 0.25) is 0 Å². The van der Waals surface area contributed by atoms with Crippen LogP contribution in [0.15, 0.2) is 12.1 Å². The van der Waals surface area contributed by atoms with E-state index in [1.807, 2.05) is 13.8 Å². The van der Waals surface area contributed by atoms with E-state index in [0.717, 1.165) is 11.1 Å². The highest BCUT2D eigenvalue weighted by Crippen LogP contribution is 2.19. The van der Waals surface area contributed by atoms with Crippen LogP contribution in [0.3, 0.4) is 0 Å². The van der Waals surface area contributed by atoms with Gasteiger partial charge in [0, 0.05) is 0 Å². The van der Waals surface area contributed by atoms with E-state index in [0.29, 0.717) is 18.4 Å². The molecule has 1 rings (SSSR count). The zero-order chi connectivity index (χ0) is 12.3. The number of carbonyl (C=O) groups is 1. The predicted molar refractivity (Wildman–Crippen MR) is 61.0 cm³/mol. The molecule has 0 spiro atoms. The van der Waals surface area contributed by atoms with Gasteiger partial charge in [-0.2, -0.15) is 0 Å². The van der Waals surface area contributed by atoms with Crippen LogP contribution in [0.2, 0.25) is 0 Å². The summed E-state index contributed by atoms with van der Waals surface area (Å²) >= 11 is 0. The van der Waals surface area contributed by atoms with Crippen LogP contribution >= 0.6 is 0 Å². The molecule has 0 bridgehead atoms. The monoisotopic (exact) mass is 224 g/mol. The number of carboxylic acids is 1. The number of carboxylic acid groups (broad SMARTS) is 1. The lowest BCUT2D eigenvalue weighted by atomic mass is 9.95. The van der Waals surface area contributed by atoms with E-state index in [1.54, 1.807) is 13.0 Å². The molecular weight excluding hydrogens is 207 g/mol. The second-order valence-corrected chi connectivity index (χ2v) is 4.17. The maximum Gasteiger partial charge on any atom is 0.306 e. The predicted octanol–water partition coefficient (Wildman–Crippen LogP) is 2.96. The van der Waals surface area contributed by atoms with E-state index in [-0.39, 0.29) is 5.82 Å². The Kier molecular flexibility index (Phi) is 4.05. The molecule has 1 N–H and O–H groups in total. The molecule has 0 heterocycles. The number of aliphatic carboxylic acids is 1. The second-order valence-electron chi connectivity index (χ2n) is 4.17. The van der Waals surface area contributed by atoms with Gasteiger partial charge in [-0.3, -0.25) is 4.79 Å². The Morgan fingerprint density at radius 3 is 2.56 bits per heavy atom. The molecule has 2 nitrogen and oxygen atoms in total. The van der Waals surface area contributed by atoms with Crippen LogP contribution in [-0.4, -0.2) is 11.1 Å². The second kappa shape index (κ2) is 5.10. The highest BCUT2D eigenvalue weighted by molar-refractivity contribution is 5.70. The Bertz CT molecular complexity index is 399. The normalized spacial score (nSPS) is 12.5. The van der Waals surface area contributed by atoms with Gasteiger partial charge in [-0.05, 0) is 42.5 Å². The Morgan fingerprint density at radius 2 is 2.06 bits per heavy atom. The molecule has 0 radical (unpaired) electrons. The van der Waals surface area contributed by atoms with Crippen LogP contribution in [0.5, 0.6) is 0 Å². The summed E-state index contributed by atoms with van der Waals surface area (Å²) in [6.45, 7) is 5.36. The minimum Gasteiger partial charge on any atom is -0.481 e. The third kappa shape index (κ3) is 2.81. The van der Waals surface area contributed by atoms with Crippen molar-refractivity contribution in [3.05, 3.63) is 34.6 Å². The van der Waals surface area contributed by atoms with Crippen molar-refractivity contribution in [1.82, 2.24) is 0 Å². The maximum absolute atomic E-state index is 13.4. The number of aryl methyl sites for hydroxylation is 2. The number of hydrogen-bond donors (Lipinski definition) is 1. The molecule has 0 saturated heterocycles. The number of benzene rings is 1. The first-order valence-electron chi connectivity index (χ1n) is 5.46. The highest BCUT2D eigenvalue weighted by Gasteiger charge is 2.14. The Hall–Kier alpha value is -1.38. The fourth-order valence-electron chi connectivity index (χ4n) is 1.68. The van der Waals surface area contributed by atoms with E-state index in [9.17, 15) is 9.18 Å². The van der Waals surface area contributed by atoms with Crippen molar-refractivity contribution >= 4 is 5.97 Å². The molecule has 0 amide bonds. The number of halogens is 1. The van der Waals surface area contributed by atoms with Gasteiger partial charge in [0.05, 0.1) is 5.92 Å². The van der Waals surface area contributed by atoms with Crippen LogP contribution in [0.25, 0.3) is 0 Å². The molecule has 0 aliphatic carbocycles. The van der Waals surface area contributed by atoms with Gasteiger partial charge in [-0.15, -0.1) is 0 Å². The van der Waals surface area contributed by atoms with Crippen molar-refractivity contribution < 1.29 is 14.3 Å². The molecule has 3 heteroatoms. The molecule has 0 saturated carbocycles. The van der Waals surface area contributed by atoms with E-state index >= 15 is 0 Å². The average Bonchev–Trinajstić information content (AvgIpc) is 2.21. The summed E-state index contributed by atoms with van der Waals surface area (Å²) in [5.41, 5.74) is 2.40. The van der Waals surface area contributed by atoms with E-state index in [2.05, 4.69) is 0 Å². The lowest BCUT2D eigenvalue weighted by molar-refractivity contribution is -0.141. The standard InChI is InChI=1S/C13H17FO2/c1-4-10-7-11(5-9(3)13(15)16)8(2)6-12(10)14/h6-7,9H,4-5H2,1-3H3,(H,15,16). The molecule has 1 aromatic carbocycles. The molecule has 1 unspecified atom stereocenters. The molecule has 88 valence electrons. The summed E-state index contributed by atoms with van der Waals surface area (Å²) in [5, 5.41) is 8.84. The van der Waals surface area contributed by atoms with Gasteiger partial charge in [-0.1, -0.05) is 19.9 Å². The van der Waals surface area contributed by atoms with Gasteiger partial charge < -0.3 is 5.11 Å². The smallest absolute Gasteiger partial charge is 0.306 e. The molecule has 0 aromatic heterocycles. The summed E-state index contributed by atoms with van der Waals surface area (Å²) in [6, 6.07) is 3.27.